The van der Waals surface area contributed by atoms with Gasteiger partial charge in [-0.2, -0.15) is 0 Å². The standard InChI is InChI=1S/C16H24BNO4S/c1-11-6-7-12(18-23(19,20)13-8-9-13)10-14(11)17-21-15(2,3)16(4,5)22-17/h6-7,10,13,18H,8-9H2,1-5H3. The van der Waals surface area contributed by atoms with Crippen LogP contribution >= 0.6 is 0 Å². The molecule has 0 unspecified atom stereocenters. The van der Waals surface area contributed by atoms with E-state index in [9.17, 15) is 8.42 Å². The summed E-state index contributed by atoms with van der Waals surface area (Å²) < 4.78 is 39.1. The van der Waals surface area contributed by atoms with Gasteiger partial charge in [-0.3, -0.25) is 4.72 Å². The summed E-state index contributed by atoms with van der Waals surface area (Å²) in [5.74, 6) is 0. The largest absolute Gasteiger partial charge is 0.495 e. The van der Waals surface area contributed by atoms with Crippen LogP contribution in [0.3, 0.4) is 0 Å². The molecule has 0 bridgehead atoms. The van der Waals surface area contributed by atoms with Gasteiger partial charge < -0.3 is 9.31 Å². The zero-order valence-corrected chi connectivity index (χ0v) is 15.2. The first-order valence-electron chi connectivity index (χ1n) is 8.00. The van der Waals surface area contributed by atoms with Crippen LogP contribution in [0.1, 0.15) is 46.1 Å². The van der Waals surface area contributed by atoms with Crippen molar-refractivity contribution in [3.8, 4) is 0 Å². The van der Waals surface area contributed by atoms with Crippen LogP contribution < -0.4 is 10.2 Å². The fourth-order valence-corrected chi connectivity index (χ4v) is 3.93. The van der Waals surface area contributed by atoms with Crippen LogP contribution in [0, 0.1) is 6.92 Å². The molecule has 0 radical (unpaired) electrons. The fourth-order valence-electron chi connectivity index (χ4n) is 2.55. The summed E-state index contributed by atoms with van der Waals surface area (Å²) in [6.07, 6.45) is 1.48. The van der Waals surface area contributed by atoms with E-state index in [1.54, 1.807) is 6.07 Å². The van der Waals surface area contributed by atoms with Gasteiger partial charge in [-0.25, -0.2) is 8.42 Å². The maximum atomic E-state index is 12.1. The van der Waals surface area contributed by atoms with Gasteiger partial charge in [0.05, 0.1) is 16.5 Å². The molecule has 0 atom stereocenters. The number of anilines is 1. The zero-order chi connectivity index (χ0) is 17.0. The average Bonchev–Trinajstić information content (AvgIpc) is 3.21. The van der Waals surface area contributed by atoms with Crippen molar-refractivity contribution in [3.63, 3.8) is 0 Å². The number of rotatable bonds is 4. The smallest absolute Gasteiger partial charge is 0.399 e. The second kappa shape index (κ2) is 5.23. The van der Waals surface area contributed by atoms with Gasteiger partial charge in [0.1, 0.15) is 0 Å². The lowest BCUT2D eigenvalue weighted by molar-refractivity contribution is 0.00578. The molecule has 5 nitrogen and oxygen atoms in total. The highest BCUT2D eigenvalue weighted by atomic mass is 32.2. The van der Waals surface area contributed by atoms with Gasteiger partial charge in [-0.15, -0.1) is 0 Å². The minimum Gasteiger partial charge on any atom is -0.399 e. The molecule has 1 saturated heterocycles. The summed E-state index contributed by atoms with van der Waals surface area (Å²) in [6, 6.07) is 5.49. The van der Waals surface area contributed by atoms with Crippen LogP contribution in [0.25, 0.3) is 0 Å². The quantitative estimate of drug-likeness (QED) is 0.856. The molecule has 1 aromatic rings. The van der Waals surface area contributed by atoms with Crippen LogP contribution in [0.5, 0.6) is 0 Å². The molecule has 7 heteroatoms. The summed E-state index contributed by atoms with van der Waals surface area (Å²) in [7, 11) is -3.77. The van der Waals surface area contributed by atoms with Crippen LogP contribution in [0.4, 0.5) is 5.69 Å². The number of hydrogen-bond acceptors (Lipinski definition) is 4. The van der Waals surface area contributed by atoms with Crippen LogP contribution in [-0.2, 0) is 19.3 Å². The van der Waals surface area contributed by atoms with Crippen molar-refractivity contribution in [2.45, 2.75) is 63.9 Å². The van der Waals surface area contributed by atoms with E-state index in [0.717, 1.165) is 23.9 Å². The highest BCUT2D eigenvalue weighted by Crippen LogP contribution is 2.37. The predicted octanol–water partition coefficient (Wildman–Crippen LogP) is 2.20. The van der Waals surface area contributed by atoms with E-state index in [1.165, 1.54) is 0 Å². The molecule has 23 heavy (non-hydrogen) atoms. The first kappa shape index (κ1) is 16.8. The van der Waals surface area contributed by atoms with E-state index in [2.05, 4.69) is 4.72 Å². The molecule has 1 aliphatic carbocycles. The van der Waals surface area contributed by atoms with E-state index in [4.69, 9.17) is 9.31 Å². The number of sulfonamides is 1. The minimum absolute atomic E-state index is 0.246. The monoisotopic (exact) mass is 337 g/mol. The Labute approximate surface area is 138 Å². The molecular weight excluding hydrogens is 313 g/mol. The third-order valence-corrected chi connectivity index (χ3v) is 6.88. The molecule has 0 spiro atoms. The van der Waals surface area contributed by atoms with Crippen molar-refractivity contribution in [1.82, 2.24) is 0 Å². The van der Waals surface area contributed by atoms with Gasteiger partial charge in [0.15, 0.2) is 0 Å². The molecule has 1 N–H and O–H groups in total. The third-order valence-electron chi connectivity index (χ3n) is 5.01. The molecule has 0 aromatic heterocycles. The Bertz CT molecular complexity index is 710. The topological polar surface area (TPSA) is 64.6 Å². The van der Waals surface area contributed by atoms with Crippen molar-refractivity contribution < 1.29 is 17.7 Å². The summed E-state index contributed by atoms with van der Waals surface area (Å²) in [5.41, 5.74) is 1.59. The molecule has 1 aromatic carbocycles. The van der Waals surface area contributed by atoms with Gasteiger partial charge in [-0.1, -0.05) is 11.6 Å². The van der Waals surface area contributed by atoms with Crippen LogP contribution in [-0.4, -0.2) is 32.0 Å². The predicted molar refractivity (Wildman–Crippen MR) is 92.5 cm³/mol. The Balaban J connectivity index is 1.87. The fraction of sp³-hybridized carbons (Fsp3) is 0.625. The Hall–Kier alpha value is -1.05. The third kappa shape index (κ3) is 3.14. The maximum absolute atomic E-state index is 12.1. The van der Waals surface area contributed by atoms with Gasteiger partial charge in [0.2, 0.25) is 10.0 Å². The van der Waals surface area contributed by atoms with Gasteiger partial charge in [0.25, 0.3) is 0 Å². The van der Waals surface area contributed by atoms with E-state index in [1.807, 2.05) is 46.8 Å². The second-order valence-corrected chi connectivity index (χ2v) is 9.47. The van der Waals surface area contributed by atoms with Crippen molar-refractivity contribution >= 4 is 28.3 Å². The lowest BCUT2D eigenvalue weighted by atomic mass is 9.76. The average molecular weight is 337 g/mol. The van der Waals surface area contributed by atoms with Crippen LogP contribution in [0.2, 0.25) is 0 Å². The molecule has 0 amide bonds. The highest BCUT2D eigenvalue weighted by Gasteiger charge is 2.52. The lowest BCUT2D eigenvalue weighted by Crippen LogP contribution is -2.41. The molecule has 3 rings (SSSR count). The Morgan fingerprint density at radius 3 is 2.22 bits per heavy atom. The maximum Gasteiger partial charge on any atom is 0.495 e. The Morgan fingerprint density at radius 2 is 1.70 bits per heavy atom. The van der Waals surface area contributed by atoms with Gasteiger partial charge in [-0.05, 0) is 65.1 Å². The lowest BCUT2D eigenvalue weighted by Gasteiger charge is -2.32. The van der Waals surface area contributed by atoms with Crippen molar-refractivity contribution in [3.05, 3.63) is 23.8 Å². The van der Waals surface area contributed by atoms with Crippen molar-refractivity contribution in [2.75, 3.05) is 4.72 Å². The van der Waals surface area contributed by atoms with E-state index in [0.29, 0.717) is 5.69 Å². The van der Waals surface area contributed by atoms with E-state index in [-0.39, 0.29) is 5.25 Å². The summed E-state index contributed by atoms with van der Waals surface area (Å²) in [4.78, 5) is 0. The molecule has 1 heterocycles. The number of aryl methyl sites for hydroxylation is 1. The van der Waals surface area contributed by atoms with Gasteiger partial charge >= 0.3 is 7.12 Å². The first-order chi connectivity index (χ1) is 10.5. The van der Waals surface area contributed by atoms with Crippen molar-refractivity contribution in [2.24, 2.45) is 0 Å². The van der Waals surface area contributed by atoms with Crippen molar-refractivity contribution in [1.29, 1.82) is 0 Å². The SMILES string of the molecule is Cc1ccc(NS(=O)(=O)C2CC2)cc1B1OC(C)(C)C(C)(C)O1. The number of hydrogen-bond donors (Lipinski definition) is 1. The second-order valence-electron chi connectivity index (χ2n) is 7.51. The summed E-state index contributed by atoms with van der Waals surface area (Å²) >= 11 is 0. The number of benzene rings is 1. The molecule has 1 saturated carbocycles. The molecule has 1 aliphatic heterocycles. The first-order valence-corrected chi connectivity index (χ1v) is 9.54. The highest BCUT2D eigenvalue weighted by molar-refractivity contribution is 7.93. The Morgan fingerprint density at radius 1 is 1.13 bits per heavy atom. The minimum atomic E-state index is -3.27. The zero-order valence-electron chi connectivity index (χ0n) is 14.3. The Kier molecular flexibility index (Phi) is 3.82. The molecule has 2 fully saturated rings. The van der Waals surface area contributed by atoms with Gasteiger partial charge in [0, 0.05) is 5.69 Å². The molecule has 126 valence electrons. The normalized spacial score (nSPS) is 23.1. The summed E-state index contributed by atoms with van der Waals surface area (Å²) in [6.45, 7) is 9.98. The van der Waals surface area contributed by atoms with Crippen LogP contribution in [0.15, 0.2) is 18.2 Å². The number of nitrogens with one attached hydrogen (secondary N) is 1. The van der Waals surface area contributed by atoms with E-state index >= 15 is 0 Å². The molecule has 2 aliphatic rings. The summed E-state index contributed by atoms with van der Waals surface area (Å²) in [5, 5.41) is -0.246. The van der Waals surface area contributed by atoms with E-state index < -0.39 is 28.3 Å². The molecular formula is C16H24BNO4S.